The Kier molecular flexibility index (Phi) is 6.07. The second kappa shape index (κ2) is 9.25. The molecule has 8 nitrogen and oxygen atoms in total. The molecule has 2 aromatic heterocycles. The summed E-state index contributed by atoms with van der Waals surface area (Å²) in [6.07, 6.45) is 5.81. The van der Waals surface area contributed by atoms with E-state index in [-0.39, 0.29) is 29.4 Å². The number of benzene rings is 1. The summed E-state index contributed by atoms with van der Waals surface area (Å²) in [7, 11) is 0. The highest BCUT2D eigenvalue weighted by molar-refractivity contribution is 6.03. The van der Waals surface area contributed by atoms with Gasteiger partial charge in [0.1, 0.15) is 0 Å². The van der Waals surface area contributed by atoms with E-state index in [1.807, 2.05) is 0 Å². The summed E-state index contributed by atoms with van der Waals surface area (Å²) < 4.78 is 5.08. The van der Waals surface area contributed by atoms with Crippen molar-refractivity contribution < 1.29 is 18.8 Å². The van der Waals surface area contributed by atoms with Gasteiger partial charge in [0.25, 0.3) is 11.8 Å². The standard InChI is InChI=1S/C23H22N4O4/c28-21(16-8-12-27(13-9-16)23(30)17-6-10-24-11-7-17)25-18-3-1-4-19(15-18)26-22(29)20-5-2-14-31-20/h1-7,10-11,14-16H,8-9,12-13H2,(H,25,28)(H,26,29). The number of nitrogens with zero attached hydrogens (tertiary/aromatic N) is 2. The van der Waals surface area contributed by atoms with Crippen LogP contribution in [-0.2, 0) is 4.79 Å². The number of pyridine rings is 1. The molecule has 158 valence electrons. The van der Waals surface area contributed by atoms with Gasteiger partial charge in [-0.2, -0.15) is 0 Å². The molecule has 3 heterocycles. The number of carbonyl (C=O) groups excluding carboxylic acids is 3. The zero-order chi connectivity index (χ0) is 21.6. The van der Waals surface area contributed by atoms with Gasteiger partial charge in [-0.1, -0.05) is 6.07 Å². The molecule has 0 saturated carbocycles. The number of furan rings is 1. The van der Waals surface area contributed by atoms with Crippen molar-refractivity contribution in [2.75, 3.05) is 23.7 Å². The van der Waals surface area contributed by atoms with E-state index < -0.39 is 0 Å². The van der Waals surface area contributed by atoms with Crippen LogP contribution in [0.5, 0.6) is 0 Å². The minimum absolute atomic E-state index is 0.0405. The van der Waals surface area contributed by atoms with Crippen molar-refractivity contribution in [2.24, 2.45) is 5.92 Å². The molecule has 0 spiro atoms. The van der Waals surface area contributed by atoms with Gasteiger partial charge in [0.15, 0.2) is 5.76 Å². The number of rotatable bonds is 5. The Labute approximate surface area is 179 Å². The highest BCUT2D eigenvalue weighted by Gasteiger charge is 2.28. The fraction of sp³-hybridized carbons (Fsp3) is 0.217. The summed E-state index contributed by atoms with van der Waals surface area (Å²) >= 11 is 0. The van der Waals surface area contributed by atoms with Crippen molar-refractivity contribution in [2.45, 2.75) is 12.8 Å². The predicted molar refractivity (Wildman–Crippen MR) is 115 cm³/mol. The lowest BCUT2D eigenvalue weighted by Crippen LogP contribution is -2.41. The first-order valence-corrected chi connectivity index (χ1v) is 10.1. The average Bonchev–Trinajstić information content (AvgIpc) is 3.35. The lowest BCUT2D eigenvalue weighted by atomic mass is 9.95. The van der Waals surface area contributed by atoms with Gasteiger partial charge in [-0.15, -0.1) is 0 Å². The van der Waals surface area contributed by atoms with Crippen molar-refractivity contribution in [1.29, 1.82) is 0 Å². The van der Waals surface area contributed by atoms with E-state index in [0.29, 0.717) is 42.9 Å². The zero-order valence-electron chi connectivity index (χ0n) is 16.8. The summed E-state index contributed by atoms with van der Waals surface area (Å²) in [5, 5.41) is 5.65. The molecule has 3 amide bonds. The summed E-state index contributed by atoms with van der Waals surface area (Å²) in [5.74, 6) is -0.461. The Morgan fingerprint density at radius 2 is 1.65 bits per heavy atom. The summed E-state index contributed by atoms with van der Waals surface area (Å²) in [6.45, 7) is 1.05. The van der Waals surface area contributed by atoms with Gasteiger partial charge in [0, 0.05) is 48.3 Å². The molecule has 2 N–H and O–H groups in total. The molecule has 1 aromatic carbocycles. The molecule has 1 aliphatic rings. The first-order chi connectivity index (χ1) is 15.1. The minimum atomic E-state index is -0.361. The Morgan fingerprint density at radius 3 is 2.32 bits per heavy atom. The monoisotopic (exact) mass is 418 g/mol. The van der Waals surface area contributed by atoms with Crippen molar-refractivity contribution in [3.05, 3.63) is 78.5 Å². The number of anilines is 2. The van der Waals surface area contributed by atoms with Crippen molar-refractivity contribution >= 4 is 29.1 Å². The lowest BCUT2D eigenvalue weighted by Gasteiger charge is -2.31. The molecule has 0 unspecified atom stereocenters. The molecular weight excluding hydrogens is 396 g/mol. The molecule has 0 bridgehead atoms. The van der Waals surface area contributed by atoms with E-state index in [0.717, 1.165) is 0 Å². The fourth-order valence-corrected chi connectivity index (χ4v) is 3.54. The highest BCUT2D eigenvalue weighted by Crippen LogP contribution is 2.22. The molecule has 1 fully saturated rings. The van der Waals surface area contributed by atoms with E-state index in [1.54, 1.807) is 65.8 Å². The third-order valence-electron chi connectivity index (χ3n) is 5.21. The Bertz CT molecular complexity index is 1060. The van der Waals surface area contributed by atoms with Crippen LogP contribution in [0.3, 0.4) is 0 Å². The van der Waals surface area contributed by atoms with Gasteiger partial charge in [0.05, 0.1) is 6.26 Å². The number of likely N-dealkylation sites (tertiary alicyclic amines) is 1. The molecule has 0 radical (unpaired) electrons. The van der Waals surface area contributed by atoms with Gasteiger partial charge < -0.3 is 20.0 Å². The molecule has 31 heavy (non-hydrogen) atoms. The van der Waals surface area contributed by atoms with Crippen LogP contribution in [0.1, 0.15) is 33.8 Å². The first-order valence-electron chi connectivity index (χ1n) is 10.1. The third-order valence-corrected chi connectivity index (χ3v) is 5.21. The molecule has 1 aliphatic heterocycles. The van der Waals surface area contributed by atoms with E-state index in [1.165, 1.54) is 6.26 Å². The quantitative estimate of drug-likeness (QED) is 0.661. The molecular formula is C23H22N4O4. The smallest absolute Gasteiger partial charge is 0.291 e. The van der Waals surface area contributed by atoms with Gasteiger partial charge in [0.2, 0.25) is 5.91 Å². The van der Waals surface area contributed by atoms with Crippen LogP contribution in [0.15, 0.2) is 71.6 Å². The van der Waals surface area contributed by atoms with E-state index in [4.69, 9.17) is 4.42 Å². The number of carbonyl (C=O) groups is 3. The molecule has 4 rings (SSSR count). The SMILES string of the molecule is O=C(Nc1cccc(NC(=O)C2CCN(C(=O)c3ccncc3)CC2)c1)c1ccco1. The number of piperidine rings is 1. The Balaban J connectivity index is 1.31. The number of hydrogen-bond donors (Lipinski definition) is 2. The maximum Gasteiger partial charge on any atom is 0.291 e. The van der Waals surface area contributed by atoms with Gasteiger partial charge >= 0.3 is 0 Å². The van der Waals surface area contributed by atoms with Crippen molar-refractivity contribution in [3.63, 3.8) is 0 Å². The van der Waals surface area contributed by atoms with E-state index in [9.17, 15) is 14.4 Å². The third kappa shape index (κ3) is 4.98. The molecule has 3 aromatic rings. The molecule has 0 atom stereocenters. The normalized spacial score (nSPS) is 14.1. The van der Waals surface area contributed by atoms with Crippen LogP contribution in [0.25, 0.3) is 0 Å². The highest BCUT2D eigenvalue weighted by atomic mass is 16.3. The van der Waals surface area contributed by atoms with E-state index in [2.05, 4.69) is 15.6 Å². The summed E-state index contributed by atoms with van der Waals surface area (Å²) in [4.78, 5) is 43.1. The van der Waals surface area contributed by atoms with Crippen LogP contribution >= 0.6 is 0 Å². The first kappa shape index (κ1) is 20.3. The number of nitrogens with one attached hydrogen (secondary N) is 2. The summed E-state index contributed by atoms with van der Waals surface area (Å²) in [6, 6.07) is 13.6. The van der Waals surface area contributed by atoms with Gasteiger partial charge in [-0.05, 0) is 55.3 Å². The second-order valence-corrected chi connectivity index (χ2v) is 7.30. The van der Waals surface area contributed by atoms with Crippen LogP contribution in [0.4, 0.5) is 11.4 Å². The van der Waals surface area contributed by atoms with Gasteiger partial charge in [-0.3, -0.25) is 19.4 Å². The molecule has 8 heteroatoms. The lowest BCUT2D eigenvalue weighted by molar-refractivity contribution is -0.121. The molecule has 0 aliphatic carbocycles. The Morgan fingerprint density at radius 1 is 0.935 bits per heavy atom. The fourth-order valence-electron chi connectivity index (χ4n) is 3.54. The maximum atomic E-state index is 12.7. The largest absolute Gasteiger partial charge is 0.459 e. The van der Waals surface area contributed by atoms with E-state index >= 15 is 0 Å². The second-order valence-electron chi connectivity index (χ2n) is 7.30. The minimum Gasteiger partial charge on any atom is -0.459 e. The predicted octanol–water partition coefficient (Wildman–Crippen LogP) is 3.42. The van der Waals surface area contributed by atoms with Crippen LogP contribution in [0, 0.1) is 5.92 Å². The topological polar surface area (TPSA) is 105 Å². The zero-order valence-corrected chi connectivity index (χ0v) is 16.8. The van der Waals surface area contributed by atoms with Crippen molar-refractivity contribution in [1.82, 2.24) is 9.88 Å². The van der Waals surface area contributed by atoms with Crippen LogP contribution in [0.2, 0.25) is 0 Å². The number of aromatic nitrogens is 1. The molecule has 1 saturated heterocycles. The number of hydrogen-bond acceptors (Lipinski definition) is 5. The summed E-state index contributed by atoms with van der Waals surface area (Å²) in [5.41, 5.74) is 1.75. The van der Waals surface area contributed by atoms with Gasteiger partial charge in [-0.25, -0.2) is 0 Å². The van der Waals surface area contributed by atoms with Crippen molar-refractivity contribution in [3.8, 4) is 0 Å². The maximum absolute atomic E-state index is 12.7. The number of amides is 3. The average molecular weight is 418 g/mol. The van der Waals surface area contributed by atoms with Crippen LogP contribution < -0.4 is 10.6 Å². The Hall–Kier alpha value is -3.94. The van der Waals surface area contributed by atoms with Crippen LogP contribution in [-0.4, -0.2) is 40.7 Å².